The Labute approximate surface area is 208 Å². The summed E-state index contributed by atoms with van der Waals surface area (Å²) in [5.74, 6) is 1.26. The van der Waals surface area contributed by atoms with Gasteiger partial charge in [0, 0.05) is 22.0 Å². The van der Waals surface area contributed by atoms with Gasteiger partial charge in [-0.2, -0.15) is 0 Å². The van der Waals surface area contributed by atoms with Crippen LogP contribution in [0.1, 0.15) is 16.1 Å². The highest BCUT2D eigenvalue weighted by Gasteiger charge is 2.19. The Morgan fingerprint density at radius 2 is 1.36 bits per heavy atom. The zero-order valence-corrected chi connectivity index (χ0v) is 20.5. The number of hydrogen-bond donors (Lipinski definition) is 1. The number of carbonyl (C=O) groups excluding carboxylic acids is 1. The Morgan fingerprint density at radius 3 is 2.00 bits per heavy atom. The molecule has 36 heavy (non-hydrogen) atoms. The van der Waals surface area contributed by atoms with Crippen LogP contribution in [0.3, 0.4) is 0 Å². The average Bonchev–Trinajstić information content (AvgIpc) is 2.91. The minimum absolute atomic E-state index is 0.238. The number of nitrogens with zero attached hydrogens (tertiary/aromatic N) is 2. The molecule has 0 aliphatic rings. The lowest BCUT2D eigenvalue weighted by Gasteiger charge is -2.15. The Hall–Kier alpha value is -4.65. The maximum Gasteiger partial charge on any atom is 0.256 e. The number of hydrogen-bond acceptors (Lipinski definition) is 6. The van der Waals surface area contributed by atoms with Gasteiger partial charge >= 0.3 is 0 Å². The highest BCUT2D eigenvalue weighted by molar-refractivity contribution is 6.15. The highest BCUT2D eigenvalue weighted by atomic mass is 16.5. The van der Waals surface area contributed by atoms with Crippen LogP contribution in [0.15, 0.2) is 72.8 Å². The monoisotopic (exact) mass is 479 g/mol. The number of para-hydroxylation sites is 2. The molecule has 0 unspecified atom stereocenters. The fourth-order valence-electron chi connectivity index (χ4n) is 4.34. The van der Waals surface area contributed by atoms with Crippen molar-refractivity contribution in [1.29, 1.82) is 0 Å². The van der Waals surface area contributed by atoms with Crippen LogP contribution in [0.2, 0.25) is 0 Å². The minimum atomic E-state index is -0.238. The van der Waals surface area contributed by atoms with E-state index in [0.717, 1.165) is 27.5 Å². The van der Waals surface area contributed by atoms with Crippen LogP contribution < -0.4 is 19.5 Å². The van der Waals surface area contributed by atoms with Gasteiger partial charge in [0.1, 0.15) is 0 Å². The smallest absolute Gasteiger partial charge is 0.256 e. The summed E-state index contributed by atoms with van der Waals surface area (Å²) in [4.78, 5) is 23.1. The topological polar surface area (TPSA) is 82.6 Å². The minimum Gasteiger partial charge on any atom is -0.493 e. The molecular weight excluding hydrogens is 454 g/mol. The number of fused-ring (bicyclic) bond motifs is 2. The Balaban J connectivity index is 1.65. The molecule has 2 aromatic heterocycles. The van der Waals surface area contributed by atoms with Crippen molar-refractivity contribution in [3.63, 3.8) is 0 Å². The third kappa shape index (κ3) is 4.15. The standard InChI is InChI=1S/C29H25N3O4/c1-17-13-25(20-10-6-8-12-23(20)30-17)32-29(33)21-16-24(31-22-11-7-5-9-19(21)22)18-14-26(34-2)28(36-4)27(15-18)35-3/h5-16H,1-4H3,(H,30,32,33). The van der Waals surface area contributed by atoms with E-state index in [9.17, 15) is 4.79 Å². The van der Waals surface area contributed by atoms with Gasteiger partial charge < -0.3 is 19.5 Å². The summed E-state index contributed by atoms with van der Waals surface area (Å²) in [5, 5.41) is 4.73. The molecule has 0 saturated carbocycles. The average molecular weight is 480 g/mol. The largest absolute Gasteiger partial charge is 0.493 e. The normalized spacial score (nSPS) is 10.9. The zero-order valence-electron chi connectivity index (χ0n) is 20.5. The van der Waals surface area contributed by atoms with Crippen molar-refractivity contribution in [3.05, 3.63) is 84.1 Å². The SMILES string of the molecule is COc1cc(-c2cc(C(=O)Nc3cc(C)nc4ccccc34)c3ccccc3n2)cc(OC)c1OC. The number of rotatable bonds is 6. The molecule has 0 aliphatic carbocycles. The quantitative estimate of drug-likeness (QED) is 0.320. The van der Waals surface area contributed by atoms with Crippen LogP contribution >= 0.6 is 0 Å². The third-order valence-electron chi connectivity index (χ3n) is 6.01. The van der Waals surface area contributed by atoms with Crippen molar-refractivity contribution in [3.8, 4) is 28.5 Å². The molecule has 2 heterocycles. The summed E-state index contributed by atoms with van der Waals surface area (Å²) < 4.78 is 16.5. The second-order valence-electron chi connectivity index (χ2n) is 8.27. The Bertz CT molecular complexity index is 1590. The van der Waals surface area contributed by atoms with Crippen LogP contribution in [0.5, 0.6) is 17.2 Å². The van der Waals surface area contributed by atoms with E-state index in [0.29, 0.717) is 39.7 Å². The molecule has 0 spiro atoms. The van der Waals surface area contributed by atoms with Gasteiger partial charge in [-0.1, -0.05) is 36.4 Å². The number of pyridine rings is 2. The molecule has 7 nitrogen and oxygen atoms in total. The molecule has 0 fully saturated rings. The van der Waals surface area contributed by atoms with E-state index in [4.69, 9.17) is 19.2 Å². The van der Waals surface area contributed by atoms with E-state index in [-0.39, 0.29) is 5.91 Å². The maximum absolute atomic E-state index is 13.7. The van der Waals surface area contributed by atoms with Crippen molar-refractivity contribution >= 4 is 33.4 Å². The van der Waals surface area contributed by atoms with Crippen LogP contribution in [0, 0.1) is 6.92 Å². The number of ether oxygens (including phenoxy) is 3. The van der Waals surface area contributed by atoms with Crippen molar-refractivity contribution in [2.45, 2.75) is 6.92 Å². The first-order chi connectivity index (χ1) is 17.5. The van der Waals surface area contributed by atoms with E-state index in [1.807, 2.05) is 73.7 Å². The zero-order chi connectivity index (χ0) is 25.2. The summed E-state index contributed by atoms with van der Waals surface area (Å²) >= 11 is 0. The van der Waals surface area contributed by atoms with Crippen LogP contribution in [-0.2, 0) is 0 Å². The second-order valence-corrected chi connectivity index (χ2v) is 8.27. The summed E-state index contributed by atoms with van der Waals surface area (Å²) in [5.41, 5.74) is 4.89. The van der Waals surface area contributed by atoms with Gasteiger partial charge in [-0.25, -0.2) is 4.98 Å². The lowest BCUT2D eigenvalue weighted by atomic mass is 10.0. The molecule has 7 heteroatoms. The van der Waals surface area contributed by atoms with Gasteiger partial charge in [-0.05, 0) is 43.3 Å². The molecule has 0 atom stereocenters. The Morgan fingerprint density at radius 1 is 0.750 bits per heavy atom. The van der Waals surface area contributed by atoms with Crippen LogP contribution in [0.4, 0.5) is 5.69 Å². The molecule has 0 radical (unpaired) electrons. The molecule has 1 N–H and O–H groups in total. The molecular formula is C29H25N3O4. The summed E-state index contributed by atoms with van der Waals surface area (Å²) in [6.45, 7) is 1.91. The lowest BCUT2D eigenvalue weighted by molar-refractivity contribution is 0.102. The summed E-state index contributed by atoms with van der Waals surface area (Å²) in [6.07, 6.45) is 0. The van der Waals surface area contributed by atoms with Crippen LogP contribution in [-0.4, -0.2) is 37.2 Å². The first-order valence-electron chi connectivity index (χ1n) is 11.4. The first-order valence-corrected chi connectivity index (χ1v) is 11.4. The molecule has 0 bridgehead atoms. The number of aryl methyl sites for hydroxylation is 1. The highest BCUT2D eigenvalue weighted by Crippen LogP contribution is 2.41. The molecule has 5 rings (SSSR count). The first kappa shape index (κ1) is 23.1. The number of methoxy groups -OCH3 is 3. The van der Waals surface area contributed by atoms with Gasteiger partial charge in [0.05, 0.1) is 49.3 Å². The number of benzene rings is 3. The number of nitrogens with one attached hydrogen (secondary N) is 1. The number of anilines is 1. The van der Waals surface area contributed by atoms with Crippen molar-refractivity contribution in [1.82, 2.24) is 9.97 Å². The van der Waals surface area contributed by atoms with Gasteiger partial charge in [0.25, 0.3) is 5.91 Å². The second kappa shape index (κ2) is 9.54. The molecule has 180 valence electrons. The van der Waals surface area contributed by atoms with Gasteiger partial charge in [-0.15, -0.1) is 0 Å². The fraction of sp³-hybridized carbons (Fsp3) is 0.138. The van der Waals surface area contributed by atoms with Gasteiger partial charge in [0.2, 0.25) is 5.75 Å². The van der Waals surface area contributed by atoms with E-state index < -0.39 is 0 Å². The maximum atomic E-state index is 13.7. The predicted molar refractivity (Wildman–Crippen MR) is 141 cm³/mol. The van der Waals surface area contributed by atoms with E-state index in [1.54, 1.807) is 27.4 Å². The van der Waals surface area contributed by atoms with E-state index in [1.165, 1.54) is 0 Å². The molecule has 3 aromatic carbocycles. The predicted octanol–water partition coefficient (Wildman–Crippen LogP) is 6.04. The van der Waals surface area contributed by atoms with Crippen molar-refractivity contribution in [2.24, 2.45) is 0 Å². The van der Waals surface area contributed by atoms with Crippen LogP contribution in [0.25, 0.3) is 33.1 Å². The number of aromatic nitrogens is 2. The fourth-order valence-corrected chi connectivity index (χ4v) is 4.34. The summed E-state index contributed by atoms with van der Waals surface area (Å²) in [7, 11) is 4.69. The van der Waals surface area contributed by atoms with E-state index in [2.05, 4.69) is 10.3 Å². The number of amides is 1. The lowest BCUT2D eigenvalue weighted by Crippen LogP contribution is -2.14. The van der Waals surface area contributed by atoms with Crippen molar-refractivity contribution < 1.29 is 19.0 Å². The molecule has 5 aromatic rings. The molecule has 0 aliphatic heterocycles. The van der Waals surface area contributed by atoms with E-state index >= 15 is 0 Å². The van der Waals surface area contributed by atoms with Crippen molar-refractivity contribution in [2.75, 3.05) is 26.6 Å². The van der Waals surface area contributed by atoms with Gasteiger partial charge in [0.15, 0.2) is 11.5 Å². The third-order valence-corrected chi connectivity index (χ3v) is 6.01. The molecule has 0 saturated heterocycles. The molecule has 1 amide bonds. The Kier molecular flexibility index (Phi) is 6.12. The number of carbonyl (C=O) groups is 1. The summed E-state index contributed by atoms with van der Waals surface area (Å²) in [6, 6.07) is 22.6. The van der Waals surface area contributed by atoms with Gasteiger partial charge in [-0.3, -0.25) is 9.78 Å².